The lowest BCUT2D eigenvalue weighted by Crippen LogP contribution is -2.44. The summed E-state index contributed by atoms with van der Waals surface area (Å²) in [6, 6.07) is 10.5. The summed E-state index contributed by atoms with van der Waals surface area (Å²) in [5.41, 5.74) is 1.46. The van der Waals surface area contributed by atoms with E-state index in [1.165, 1.54) is 5.56 Å². The zero-order chi connectivity index (χ0) is 16.9. The minimum Gasteiger partial charge on any atom is -0.355 e. The molecular weight excluding hydrogens is 439 g/mol. The predicted molar refractivity (Wildman–Crippen MR) is 110 cm³/mol. The molecule has 0 aliphatic carbocycles. The molecule has 8 heteroatoms. The minimum atomic E-state index is -3.15. The lowest BCUT2D eigenvalue weighted by Gasteiger charge is -2.27. The van der Waals surface area contributed by atoms with Crippen LogP contribution in [0.5, 0.6) is 0 Å². The van der Waals surface area contributed by atoms with Crippen LogP contribution in [0.2, 0.25) is 0 Å². The molecule has 24 heavy (non-hydrogen) atoms. The van der Waals surface area contributed by atoms with Crippen LogP contribution in [0.4, 0.5) is 0 Å². The minimum absolute atomic E-state index is 0. The third-order valence-corrected chi connectivity index (χ3v) is 4.96. The first-order chi connectivity index (χ1) is 10.8. The van der Waals surface area contributed by atoms with Crippen LogP contribution in [0.1, 0.15) is 18.9 Å². The summed E-state index contributed by atoms with van der Waals surface area (Å²) >= 11 is 0. The topological polar surface area (TPSA) is 73.8 Å². The van der Waals surface area contributed by atoms with Gasteiger partial charge in [0.2, 0.25) is 10.0 Å². The molecule has 136 valence electrons. The van der Waals surface area contributed by atoms with Crippen molar-refractivity contribution < 1.29 is 8.42 Å². The zero-order valence-corrected chi connectivity index (χ0v) is 17.6. The molecule has 2 rings (SSSR count). The molecule has 1 aliphatic rings. The van der Waals surface area contributed by atoms with Crippen molar-refractivity contribution in [3.8, 4) is 0 Å². The summed E-state index contributed by atoms with van der Waals surface area (Å²) in [4.78, 5) is 6.55. The Labute approximate surface area is 162 Å². The summed E-state index contributed by atoms with van der Waals surface area (Å²) in [7, 11) is -1.39. The molecule has 0 bridgehead atoms. The van der Waals surface area contributed by atoms with E-state index < -0.39 is 10.0 Å². The first-order valence-electron chi connectivity index (χ1n) is 7.80. The molecule has 0 aromatic heterocycles. The van der Waals surface area contributed by atoms with Gasteiger partial charge >= 0.3 is 0 Å². The second-order valence-corrected chi connectivity index (χ2v) is 8.07. The largest absolute Gasteiger partial charge is 0.355 e. The van der Waals surface area contributed by atoms with E-state index in [9.17, 15) is 8.42 Å². The number of hydrogen-bond donors (Lipinski definition) is 2. The van der Waals surface area contributed by atoms with E-state index in [0.717, 1.165) is 31.7 Å². The monoisotopic (exact) mass is 466 g/mol. The van der Waals surface area contributed by atoms with Crippen LogP contribution in [0.15, 0.2) is 35.3 Å². The second kappa shape index (κ2) is 9.00. The normalized spacial score (nSPS) is 21.5. The Hall–Kier alpha value is -0.870. The first-order valence-corrected chi connectivity index (χ1v) is 9.69. The lowest BCUT2D eigenvalue weighted by atomic mass is 9.82. The standard InChI is InChI=1S/C16H26N4O2S.HI/c1-16(14-7-5-4-6-8-14)9-12-20(13-16)15(17-2)18-10-11-19-23(3,21)22;/h4-8,19H,9-13H2,1-3H3,(H,17,18);1H. The Kier molecular flexibility index (Phi) is 7.94. The molecule has 1 unspecified atom stereocenters. The number of nitrogens with zero attached hydrogens (tertiary/aromatic N) is 2. The Morgan fingerprint density at radius 2 is 1.96 bits per heavy atom. The van der Waals surface area contributed by atoms with Crippen LogP contribution in [-0.4, -0.2) is 58.8 Å². The number of guanidine groups is 1. The smallest absolute Gasteiger partial charge is 0.208 e. The molecule has 0 spiro atoms. The Balaban J connectivity index is 0.00000288. The highest BCUT2D eigenvalue weighted by atomic mass is 127. The Bertz CT molecular complexity index is 651. The molecule has 1 saturated heterocycles. The SMILES string of the molecule is CN=C(NCCNS(C)(=O)=O)N1CCC(C)(c2ccccc2)C1.I. The van der Waals surface area contributed by atoms with Gasteiger partial charge < -0.3 is 10.2 Å². The summed E-state index contributed by atoms with van der Waals surface area (Å²) in [6.45, 7) is 4.97. The number of likely N-dealkylation sites (tertiary alicyclic amines) is 1. The Morgan fingerprint density at radius 1 is 1.29 bits per heavy atom. The van der Waals surface area contributed by atoms with E-state index in [-0.39, 0.29) is 29.4 Å². The molecule has 1 atom stereocenters. The van der Waals surface area contributed by atoms with Gasteiger partial charge in [-0.05, 0) is 12.0 Å². The molecule has 1 aromatic carbocycles. The maximum absolute atomic E-state index is 11.1. The summed E-state index contributed by atoms with van der Waals surface area (Å²) in [5.74, 6) is 0.819. The van der Waals surface area contributed by atoms with Crippen molar-refractivity contribution in [2.45, 2.75) is 18.8 Å². The van der Waals surface area contributed by atoms with E-state index >= 15 is 0 Å². The molecule has 1 aromatic rings. The van der Waals surface area contributed by atoms with E-state index in [1.807, 2.05) is 6.07 Å². The van der Waals surface area contributed by atoms with Gasteiger partial charge in [0.25, 0.3) is 0 Å². The van der Waals surface area contributed by atoms with Gasteiger partial charge in [-0.25, -0.2) is 13.1 Å². The van der Waals surface area contributed by atoms with Crippen LogP contribution in [0.25, 0.3) is 0 Å². The van der Waals surface area contributed by atoms with Crippen LogP contribution in [0.3, 0.4) is 0 Å². The molecule has 1 aliphatic heterocycles. The van der Waals surface area contributed by atoms with Gasteiger partial charge in [-0.2, -0.15) is 0 Å². The average molecular weight is 466 g/mol. The van der Waals surface area contributed by atoms with Gasteiger partial charge in [0.1, 0.15) is 0 Å². The number of hydrogen-bond acceptors (Lipinski definition) is 3. The second-order valence-electron chi connectivity index (χ2n) is 6.24. The Morgan fingerprint density at radius 3 is 2.54 bits per heavy atom. The predicted octanol–water partition coefficient (Wildman–Crippen LogP) is 1.39. The van der Waals surface area contributed by atoms with Crippen LogP contribution < -0.4 is 10.0 Å². The number of rotatable bonds is 5. The lowest BCUT2D eigenvalue weighted by molar-refractivity contribution is 0.439. The van der Waals surface area contributed by atoms with Gasteiger partial charge in [-0.15, -0.1) is 24.0 Å². The molecule has 1 fully saturated rings. The quantitative estimate of drug-likeness (QED) is 0.298. The van der Waals surface area contributed by atoms with Gasteiger partial charge in [0, 0.05) is 38.6 Å². The average Bonchev–Trinajstić information content (AvgIpc) is 2.91. The number of benzene rings is 1. The molecule has 2 N–H and O–H groups in total. The van der Waals surface area contributed by atoms with Gasteiger partial charge in [0.05, 0.1) is 6.26 Å². The summed E-state index contributed by atoms with van der Waals surface area (Å²) < 4.78 is 24.6. The highest BCUT2D eigenvalue weighted by Crippen LogP contribution is 2.33. The van der Waals surface area contributed by atoms with Crippen LogP contribution >= 0.6 is 24.0 Å². The number of halogens is 1. The van der Waals surface area contributed by atoms with Crippen molar-refractivity contribution in [2.24, 2.45) is 4.99 Å². The van der Waals surface area contributed by atoms with Crippen molar-refractivity contribution in [1.29, 1.82) is 0 Å². The van der Waals surface area contributed by atoms with E-state index in [0.29, 0.717) is 13.1 Å². The van der Waals surface area contributed by atoms with E-state index in [2.05, 4.69) is 51.1 Å². The molecule has 1 heterocycles. The maximum atomic E-state index is 11.1. The molecular formula is C16H27IN4O2S. The van der Waals surface area contributed by atoms with E-state index in [4.69, 9.17) is 0 Å². The van der Waals surface area contributed by atoms with Crippen molar-refractivity contribution >= 4 is 40.0 Å². The van der Waals surface area contributed by atoms with Crippen molar-refractivity contribution in [1.82, 2.24) is 14.9 Å². The van der Waals surface area contributed by atoms with Gasteiger partial charge in [-0.1, -0.05) is 37.3 Å². The molecule has 6 nitrogen and oxygen atoms in total. The maximum Gasteiger partial charge on any atom is 0.208 e. The molecule has 0 saturated carbocycles. The summed E-state index contributed by atoms with van der Waals surface area (Å²) in [6.07, 6.45) is 2.23. The number of aliphatic imine (C=N–C) groups is 1. The number of nitrogens with one attached hydrogen (secondary N) is 2. The fourth-order valence-electron chi connectivity index (χ4n) is 2.96. The van der Waals surface area contributed by atoms with Crippen LogP contribution in [-0.2, 0) is 15.4 Å². The summed E-state index contributed by atoms with van der Waals surface area (Å²) in [5, 5.41) is 3.22. The molecule has 0 radical (unpaired) electrons. The van der Waals surface area contributed by atoms with Crippen LogP contribution in [0, 0.1) is 0 Å². The van der Waals surface area contributed by atoms with Crippen molar-refractivity contribution in [2.75, 3.05) is 39.5 Å². The molecule has 0 amide bonds. The van der Waals surface area contributed by atoms with Crippen molar-refractivity contribution in [3.05, 3.63) is 35.9 Å². The third-order valence-electron chi connectivity index (χ3n) is 4.23. The van der Waals surface area contributed by atoms with Gasteiger partial charge in [0.15, 0.2) is 5.96 Å². The fraction of sp³-hybridized carbons (Fsp3) is 0.562. The highest BCUT2D eigenvalue weighted by Gasteiger charge is 2.36. The highest BCUT2D eigenvalue weighted by molar-refractivity contribution is 14.0. The van der Waals surface area contributed by atoms with E-state index in [1.54, 1.807) is 7.05 Å². The van der Waals surface area contributed by atoms with Gasteiger partial charge in [-0.3, -0.25) is 4.99 Å². The first kappa shape index (κ1) is 21.2. The van der Waals surface area contributed by atoms with Crippen molar-refractivity contribution in [3.63, 3.8) is 0 Å². The third kappa shape index (κ3) is 5.89. The zero-order valence-electron chi connectivity index (χ0n) is 14.4. The fourth-order valence-corrected chi connectivity index (χ4v) is 3.43. The number of sulfonamides is 1.